The zero-order valence-electron chi connectivity index (χ0n) is 20.6. The van der Waals surface area contributed by atoms with Gasteiger partial charge in [0.15, 0.2) is 11.5 Å². The summed E-state index contributed by atoms with van der Waals surface area (Å²) in [6.07, 6.45) is -2.87. The number of alkyl halides is 2. The normalized spacial score (nSPS) is 11.3. The van der Waals surface area contributed by atoms with Crippen LogP contribution in [0.4, 0.5) is 14.5 Å². The van der Waals surface area contributed by atoms with Crippen molar-refractivity contribution in [3.63, 3.8) is 0 Å². The molecule has 42 heavy (non-hydrogen) atoms. The van der Waals surface area contributed by atoms with Gasteiger partial charge >= 0.3 is 0 Å². The number of primary amides is 1. The van der Waals surface area contributed by atoms with Crippen molar-refractivity contribution < 1.29 is 27.5 Å². The smallest absolute Gasteiger partial charge is 0.291 e. The van der Waals surface area contributed by atoms with Gasteiger partial charge in [0.25, 0.3) is 18.2 Å². The minimum atomic E-state index is -2.87. The van der Waals surface area contributed by atoms with E-state index in [0.29, 0.717) is 11.1 Å². The number of anilines is 1. The number of fused-ring (bicyclic) bond motifs is 1. The first-order chi connectivity index (χ1) is 20.0. The van der Waals surface area contributed by atoms with E-state index in [1.807, 2.05) is 0 Å². The van der Waals surface area contributed by atoms with Gasteiger partial charge in [0.2, 0.25) is 0 Å². The lowest BCUT2D eigenvalue weighted by atomic mass is 10.0. The van der Waals surface area contributed by atoms with Gasteiger partial charge < -0.3 is 20.2 Å². The first-order valence-corrected chi connectivity index (χ1v) is 14.3. The molecule has 3 N–H and O–H groups in total. The lowest BCUT2D eigenvalue weighted by molar-refractivity contribution is 0.0992. The molecule has 0 aliphatic heterocycles. The van der Waals surface area contributed by atoms with Crippen LogP contribution in [0.5, 0.6) is 5.75 Å². The van der Waals surface area contributed by atoms with Gasteiger partial charge in [-0.05, 0) is 29.3 Å². The summed E-state index contributed by atoms with van der Waals surface area (Å²) in [5.41, 5.74) is 6.01. The van der Waals surface area contributed by atoms with Gasteiger partial charge in [-0.1, -0.05) is 88.3 Å². The predicted molar refractivity (Wildman–Crippen MR) is 161 cm³/mol. The van der Waals surface area contributed by atoms with Gasteiger partial charge in [-0.3, -0.25) is 9.59 Å². The minimum Gasteiger partial charge on any atom is -0.482 e. The third-order valence-corrected chi connectivity index (χ3v) is 9.21. The molecule has 0 fully saturated rings. The number of benzene rings is 2. The summed E-state index contributed by atoms with van der Waals surface area (Å²) in [7, 11) is 0. The SMILES string of the molecule is NC(=O)c1sc2nc(C(F)F)cc(-c3ccccc3)c2c1NC(=O)c1ccc(COc2c(Cl)c(Cl)c(Cl)c(Cl)c2Cl)o1. The number of halogens is 7. The molecule has 0 radical (unpaired) electrons. The summed E-state index contributed by atoms with van der Waals surface area (Å²) in [6, 6.07) is 12.7. The van der Waals surface area contributed by atoms with Crippen LogP contribution in [0.2, 0.25) is 25.1 Å². The highest BCUT2D eigenvalue weighted by Crippen LogP contribution is 2.48. The fourth-order valence-electron chi connectivity index (χ4n) is 3.97. The number of nitrogens with one attached hydrogen (secondary N) is 1. The molecule has 2 amide bonds. The van der Waals surface area contributed by atoms with E-state index in [9.17, 15) is 18.4 Å². The lowest BCUT2D eigenvalue weighted by Crippen LogP contribution is -2.16. The highest BCUT2D eigenvalue weighted by atomic mass is 35.5. The fourth-order valence-corrected chi connectivity index (χ4v) is 6.22. The molecule has 15 heteroatoms. The van der Waals surface area contributed by atoms with Gasteiger partial charge in [-0.15, -0.1) is 11.3 Å². The van der Waals surface area contributed by atoms with Crippen molar-refractivity contribution in [2.24, 2.45) is 5.73 Å². The van der Waals surface area contributed by atoms with E-state index in [4.69, 9.17) is 72.9 Å². The molecule has 216 valence electrons. The van der Waals surface area contributed by atoms with Crippen LogP contribution in [-0.4, -0.2) is 16.8 Å². The van der Waals surface area contributed by atoms with Crippen LogP contribution in [0, 0.1) is 0 Å². The molecular formula is C27H14Cl5F2N3O4S. The van der Waals surface area contributed by atoms with Crippen LogP contribution in [0.3, 0.4) is 0 Å². The molecule has 0 saturated carbocycles. The van der Waals surface area contributed by atoms with Crippen LogP contribution in [-0.2, 0) is 6.61 Å². The Hall–Kier alpha value is -3.12. The number of hydrogen-bond acceptors (Lipinski definition) is 6. The first-order valence-electron chi connectivity index (χ1n) is 11.6. The maximum atomic E-state index is 13.7. The van der Waals surface area contributed by atoms with Gasteiger partial charge in [0, 0.05) is 5.39 Å². The van der Waals surface area contributed by atoms with Crippen molar-refractivity contribution in [2.75, 3.05) is 5.32 Å². The summed E-state index contributed by atoms with van der Waals surface area (Å²) in [5.74, 6) is -1.65. The van der Waals surface area contributed by atoms with Crippen molar-refractivity contribution in [1.82, 2.24) is 4.98 Å². The Morgan fingerprint density at radius 3 is 2.24 bits per heavy atom. The molecule has 0 saturated heterocycles. The molecule has 5 rings (SSSR count). The number of carbonyl (C=O) groups is 2. The molecule has 0 atom stereocenters. The van der Waals surface area contributed by atoms with Crippen LogP contribution < -0.4 is 15.8 Å². The van der Waals surface area contributed by atoms with Crippen LogP contribution in [0.15, 0.2) is 52.9 Å². The van der Waals surface area contributed by atoms with E-state index in [2.05, 4.69) is 10.3 Å². The number of thiophene rings is 1. The second-order valence-electron chi connectivity index (χ2n) is 8.52. The van der Waals surface area contributed by atoms with E-state index in [1.54, 1.807) is 30.3 Å². The number of nitrogens with two attached hydrogens (primary N) is 1. The molecule has 0 aliphatic rings. The number of nitrogens with zero attached hydrogens (tertiary/aromatic N) is 1. The number of ether oxygens (including phenoxy) is 1. The standard InChI is InChI=1S/C27H14Cl5F2N3O4S/c28-16-17(29)19(31)22(20(32)18(16)30)40-9-11-6-7-14(41-11)26(39)37-21-15-12(10-4-2-1-3-5-10)8-13(24(33)34)36-27(15)42-23(21)25(35)38/h1-8,24H,9H2,(H2,35,38)(H,37,39). The monoisotopic (exact) mass is 689 g/mol. The Morgan fingerprint density at radius 1 is 0.976 bits per heavy atom. The van der Waals surface area contributed by atoms with E-state index in [0.717, 1.165) is 11.3 Å². The van der Waals surface area contributed by atoms with Crippen molar-refractivity contribution in [3.05, 3.63) is 95.7 Å². The zero-order chi connectivity index (χ0) is 30.3. The molecule has 0 aliphatic carbocycles. The van der Waals surface area contributed by atoms with E-state index >= 15 is 0 Å². The van der Waals surface area contributed by atoms with Crippen LogP contribution in [0.25, 0.3) is 21.3 Å². The van der Waals surface area contributed by atoms with Crippen molar-refractivity contribution >= 4 is 97.1 Å². The number of aromatic nitrogens is 1. The van der Waals surface area contributed by atoms with Gasteiger partial charge in [-0.2, -0.15) is 0 Å². The summed E-state index contributed by atoms with van der Waals surface area (Å²) >= 11 is 31.3. The number of pyridine rings is 1. The Balaban J connectivity index is 1.48. The average molecular weight is 692 g/mol. The number of rotatable bonds is 8. The van der Waals surface area contributed by atoms with Crippen molar-refractivity contribution in [2.45, 2.75) is 13.0 Å². The fraction of sp³-hybridized carbons (Fsp3) is 0.0741. The quantitative estimate of drug-likeness (QED) is 0.124. The lowest BCUT2D eigenvalue weighted by Gasteiger charge is -2.13. The Labute approximate surface area is 265 Å². The molecule has 7 nitrogen and oxygen atoms in total. The predicted octanol–water partition coefficient (Wildman–Crippen LogP) is 9.69. The summed E-state index contributed by atoms with van der Waals surface area (Å²) in [4.78, 5) is 29.6. The molecule has 0 spiro atoms. The van der Waals surface area contributed by atoms with Crippen LogP contribution >= 0.6 is 69.3 Å². The Morgan fingerprint density at radius 2 is 1.62 bits per heavy atom. The summed E-state index contributed by atoms with van der Waals surface area (Å²) in [5, 5.41) is 2.62. The molecule has 3 aromatic heterocycles. The van der Waals surface area contributed by atoms with Gasteiger partial charge in [0.05, 0.1) is 20.8 Å². The number of amides is 2. The second kappa shape index (κ2) is 12.2. The van der Waals surface area contributed by atoms with E-state index in [-0.39, 0.29) is 69.8 Å². The zero-order valence-corrected chi connectivity index (χ0v) is 25.2. The molecule has 2 aromatic carbocycles. The van der Waals surface area contributed by atoms with Crippen molar-refractivity contribution in [1.29, 1.82) is 0 Å². The largest absolute Gasteiger partial charge is 0.482 e. The third-order valence-electron chi connectivity index (χ3n) is 5.87. The minimum absolute atomic E-state index is 0.0119. The van der Waals surface area contributed by atoms with Gasteiger partial charge in [0.1, 0.15) is 37.8 Å². The maximum absolute atomic E-state index is 13.7. The number of furan rings is 1. The molecule has 5 aromatic rings. The highest BCUT2D eigenvalue weighted by Gasteiger charge is 2.26. The Bertz CT molecular complexity index is 1840. The Kier molecular flexibility index (Phi) is 8.84. The maximum Gasteiger partial charge on any atom is 0.291 e. The molecular weight excluding hydrogens is 678 g/mol. The van der Waals surface area contributed by atoms with Crippen LogP contribution in [0.1, 0.15) is 38.1 Å². The topological polar surface area (TPSA) is 107 Å². The molecule has 3 heterocycles. The van der Waals surface area contributed by atoms with Gasteiger partial charge in [-0.25, -0.2) is 13.8 Å². The first kappa shape index (κ1) is 30.3. The molecule has 0 bridgehead atoms. The van der Waals surface area contributed by atoms with E-state index < -0.39 is 23.9 Å². The average Bonchev–Trinajstić information content (AvgIpc) is 3.60. The summed E-state index contributed by atoms with van der Waals surface area (Å²) in [6.45, 7) is -0.229. The highest BCUT2D eigenvalue weighted by molar-refractivity contribution is 7.21. The third kappa shape index (κ3) is 5.75. The number of hydrogen-bond donors (Lipinski definition) is 2. The molecule has 0 unspecified atom stereocenters. The van der Waals surface area contributed by atoms with Crippen molar-refractivity contribution in [3.8, 4) is 16.9 Å². The number of carbonyl (C=O) groups excluding carboxylic acids is 2. The second-order valence-corrected chi connectivity index (χ2v) is 11.4. The summed E-state index contributed by atoms with van der Waals surface area (Å²) < 4.78 is 38.6. The van der Waals surface area contributed by atoms with E-state index in [1.165, 1.54) is 18.2 Å².